The van der Waals surface area contributed by atoms with Gasteiger partial charge in [-0.1, -0.05) is 0 Å². The highest BCUT2D eigenvalue weighted by Gasteiger charge is 2.36. The molecule has 2 aliphatic heterocycles. The Balaban J connectivity index is 2.08. The summed E-state index contributed by atoms with van der Waals surface area (Å²) in [5.41, 5.74) is 2.41. The lowest BCUT2D eigenvalue weighted by molar-refractivity contribution is -0.137. The summed E-state index contributed by atoms with van der Waals surface area (Å²) in [6.07, 6.45) is 1.72. The van der Waals surface area contributed by atoms with Gasteiger partial charge in [0.15, 0.2) is 0 Å². The number of rotatable bonds is 5. The van der Waals surface area contributed by atoms with E-state index in [4.69, 9.17) is 5.11 Å². The van der Waals surface area contributed by atoms with Crippen LogP contribution in [0.15, 0.2) is 17.0 Å². The smallest absolute Gasteiger partial charge is 0.318 e. The van der Waals surface area contributed by atoms with Crippen LogP contribution in [0.1, 0.15) is 31.4 Å². The van der Waals surface area contributed by atoms with Crippen LogP contribution < -0.4 is 4.90 Å². The van der Waals surface area contributed by atoms with Crippen LogP contribution in [-0.4, -0.2) is 48.8 Å². The average molecular weight is 352 g/mol. The second-order valence-corrected chi connectivity index (χ2v) is 8.34. The standard InChI is InChI=1S/C16H20N2O5S/c1-10(2)18(9-15(20)21)24(22,23)13-6-11-4-3-5-17-14(19)8-12(7-13)16(11)17/h6-7,10H,3-5,8-9H2,1-2H3,(H,20,21). The molecule has 1 aromatic carbocycles. The Morgan fingerprint density at radius 2 is 2.00 bits per heavy atom. The van der Waals surface area contributed by atoms with Crippen molar-refractivity contribution in [1.29, 1.82) is 0 Å². The number of benzene rings is 1. The van der Waals surface area contributed by atoms with Gasteiger partial charge in [0.05, 0.1) is 17.0 Å². The van der Waals surface area contributed by atoms with Crippen molar-refractivity contribution in [2.45, 2.75) is 44.0 Å². The van der Waals surface area contributed by atoms with Crippen molar-refractivity contribution >= 4 is 27.6 Å². The summed E-state index contributed by atoms with van der Waals surface area (Å²) in [5, 5.41) is 9.02. The Morgan fingerprint density at radius 1 is 1.33 bits per heavy atom. The predicted molar refractivity (Wildman–Crippen MR) is 87.5 cm³/mol. The van der Waals surface area contributed by atoms with Crippen LogP contribution in [0.5, 0.6) is 0 Å². The maximum Gasteiger partial charge on any atom is 0.318 e. The number of sulfonamides is 1. The molecule has 0 fully saturated rings. The van der Waals surface area contributed by atoms with Crippen molar-refractivity contribution in [2.24, 2.45) is 0 Å². The number of carboxylic acids is 1. The third-order valence-electron chi connectivity index (χ3n) is 4.46. The number of aliphatic carboxylic acids is 1. The van der Waals surface area contributed by atoms with E-state index in [2.05, 4.69) is 0 Å². The molecule has 0 bridgehead atoms. The van der Waals surface area contributed by atoms with E-state index in [0.717, 1.165) is 34.0 Å². The van der Waals surface area contributed by atoms with Gasteiger partial charge in [0.25, 0.3) is 0 Å². The molecule has 0 atom stereocenters. The second-order valence-electron chi connectivity index (χ2n) is 6.45. The maximum atomic E-state index is 12.9. The molecule has 2 heterocycles. The molecule has 0 radical (unpaired) electrons. The molecule has 0 aliphatic carbocycles. The molecule has 7 nitrogen and oxygen atoms in total. The van der Waals surface area contributed by atoms with Gasteiger partial charge in [-0.05, 0) is 49.9 Å². The van der Waals surface area contributed by atoms with E-state index in [9.17, 15) is 18.0 Å². The number of nitrogens with zero attached hydrogens (tertiary/aromatic N) is 2. The Morgan fingerprint density at radius 3 is 2.62 bits per heavy atom. The molecule has 0 saturated heterocycles. The highest BCUT2D eigenvalue weighted by atomic mass is 32.2. The first-order valence-electron chi connectivity index (χ1n) is 7.91. The van der Waals surface area contributed by atoms with Gasteiger partial charge in [-0.15, -0.1) is 0 Å². The number of carboxylic acid groups (broad SMARTS) is 1. The lowest BCUT2D eigenvalue weighted by Crippen LogP contribution is -2.40. The van der Waals surface area contributed by atoms with Crippen LogP contribution in [0.25, 0.3) is 0 Å². The van der Waals surface area contributed by atoms with E-state index in [1.54, 1.807) is 24.8 Å². The van der Waals surface area contributed by atoms with Crippen LogP contribution in [0.4, 0.5) is 5.69 Å². The molecule has 1 amide bonds. The fourth-order valence-electron chi connectivity index (χ4n) is 3.41. The summed E-state index contributed by atoms with van der Waals surface area (Å²) in [4.78, 5) is 24.9. The Labute approximate surface area is 140 Å². The van der Waals surface area contributed by atoms with Crippen molar-refractivity contribution < 1.29 is 23.1 Å². The lowest BCUT2D eigenvalue weighted by Gasteiger charge is -2.28. The number of amides is 1. The van der Waals surface area contributed by atoms with Crippen LogP contribution in [0.2, 0.25) is 0 Å². The lowest BCUT2D eigenvalue weighted by atomic mass is 10.0. The van der Waals surface area contributed by atoms with E-state index in [1.807, 2.05) is 0 Å². The summed E-state index contributed by atoms with van der Waals surface area (Å²) >= 11 is 0. The second kappa shape index (κ2) is 5.86. The predicted octanol–water partition coefficient (Wildman–Crippen LogP) is 1.01. The van der Waals surface area contributed by atoms with Gasteiger partial charge in [0.2, 0.25) is 15.9 Å². The van der Waals surface area contributed by atoms with E-state index in [1.165, 1.54) is 6.07 Å². The molecule has 0 saturated carbocycles. The number of aryl methyl sites for hydroxylation is 1. The first-order valence-corrected chi connectivity index (χ1v) is 9.35. The Bertz CT molecular complexity index is 816. The molecule has 3 rings (SSSR count). The van der Waals surface area contributed by atoms with Crippen LogP contribution in [0, 0.1) is 0 Å². The summed E-state index contributed by atoms with van der Waals surface area (Å²) < 4.78 is 26.8. The zero-order valence-electron chi connectivity index (χ0n) is 13.7. The largest absolute Gasteiger partial charge is 0.480 e. The molecule has 24 heavy (non-hydrogen) atoms. The van der Waals surface area contributed by atoms with Crippen molar-refractivity contribution in [3.8, 4) is 0 Å². The highest BCUT2D eigenvalue weighted by Crippen LogP contribution is 2.39. The third-order valence-corrected chi connectivity index (χ3v) is 6.46. The van der Waals surface area contributed by atoms with E-state index >= 15 is 0 Å². The monoisotopic (exact) mass is 352 g/mol. The minimum atomic E-state index is -3.94. The van der Waals surface area contributed by atoms with Gasteiger partial charge < -0.3 is 10.0 Å². The molecule has 0 unspecified atom stereocenters. The molecule has 1 N–H and O–H groups in total. The van der Waals surface area contributed by atoms with E-state index in [-0.39, 0.29) is 17.2 Å². The fraction of sp³-hybridized carbons (Fsp3) is 0.500. The summed E-state index contributed by atoms with van der Waals surface area (Å²) in [6.45, 7) is 3.37. The van der Waals surface area contributed by atoms with E-state index < -0.39 is 28.6 Å². The molecule has 130 valence electrons. The molecule has 2 aliphatic rings. The van der Waals surface area contributed by atoms with E-state index in [0.29, 0.717) is 6.54 Å². The quantitative estimate of drug-likeness (QED) is 0.853. The summed E-state index contributed by atoms with van der Waals surface area (Å²) in [5.74, 6) is -1.21. The van der Waals surface area contributed by atoms with Crippen molar-refractivity contribution in [2.75, 3.05) is 18.0 Å². The Kier molecular flexibility index (Phi) is 4.13. The molecular formula is C16H20N2O5S. The number of carbonyl (C=O) groups is 2. The van der Waals surface area contributed by atoms with Crippen LogP contribution in [-0.2, 0) is 32.5 Å². The van der Waals surface area contributed by atoms with Crippen molar-refractivity contribution in [1.82, 2.24) is 4.31 Å². The van der Waals surface area contributed by atoms with Crippen LogP contribution >= 0.6 is 0 Å². The van der Waals surface area contributed by atoms with Crippen LogP contribution in [0.3, 0.4) is 0 Å². The van der Waals surface area contributed by atoms with Gasteiger partial charge in [-0.3, -0.25) is 9.59 Å². The minimum Gasteiger partial charge on any atom is -0.480 e. The fourth-order valence-corrected chi connectivity index (χ4v) is 5.10. The van der Waals surface area contributed by atoms with Crippen molar-refractivity contribution in [3.63, 3.8) is 0 Å². The summed E-state index contributed by atoms with van der Waals surface area (Å²) in [6, 6.07) is 2.64. The molecule has 1 aromatic rings. The SMILES string of the molecule is CC(C)N(CC(=O)O)S(=O)(=O)c1cc2c3c(c1)CC(=O)N3CCC2. The van der Waals surface area contributed by atoms with Crippen molar-refractivity contribution in [3.05, 3.63) is 23.3 Å². The molecular weight excluding hydrogens is 332 g/mol. The number of carbonyl (C=O) groups excluding carboxylic acids is 1. The van der Waals surface area contributed by atoms with Gasteiger partial charge >= 0.3 is 5.97 Å². The van der Waals surface area contributed by atoms with Gasteiger partial charge in [-0.25, -0.2) is 8.42 Å². The maximum absolute atomic E-state index is 12.9. The first kappa shape index (κ1) is 16.9. The van der Waals surface area contributed by atoms with Gasteiger partial charge in [0, 0.05) is 12.6 Å². The first-order chi connectivity index (χ1) is 11.2. The summed E-state index contributed by atoms with van der Waals surface area (Å²) in [7, 11) is -3.94. The number of hydrogen-bond acceptors (Lipinski definition) is 4. The molecule has 0 aromatic heterocycles. The third kappa shape index (κ3) is 2.69. The normalized spacial score (nSPS) is 16.8. The zero-order valence-corrected chi connectivity index (χ0v) is 14.5. The topological polar surface area (TPSA) is 95.0 Å². The zero-order chi connectivity index (χ0) is 17.6. The minimum absolute atomic E-state index is 0.00764. The Hall–Kier alpha value is -1.93. The van der Waals surface area contributed by atoms with Gasteiger partial charge in [-0.2, -0.15) is 4.31 Å². The highest BCUT2D eigenvalue weighted by molar-refractivity contribution is 7.89. The number of anilines is 1. The van der Waals surface area contributed by atoms with Gasteiger partial charge in [0.1, 0.15) is 6.54 Å². The molecule has 0 spiro atoms. The average Bonchev–Trinajstić information content (AvgIpc) is 2.82. The number of hydrogen-bond donors (Lipinski definition) is 1. The molecule has 8 heteroatoms.